The van der Waals surface area contributed by atoms with E-state index in [4.69, 9.17) is 0 Å². The molecule has 0 unspecified atom stereocenters. The van der Waals surface area contributed by atoms with E-state index >= 15 is 0 Å². The van der Waals surface area contributed by atoms with Gasteiger partial charge in [0.15, 0.2) is 0 Å². The van der Waals surface area contributed by atoms with Crippen molar-refractivity contribution in [1.82, 2.24) is 0 Å². The van der Waals surface area contributed by atoms with Crippen LogP contribution in [-0.2, 0) is 0 Å². The Kier molecular flexibility index (Phi) is 81.9. The molecule has 0 fully saturated rings. The molecule has 0 spiro atoms. The lowest BCUT2D eigenvalue weighted by molar-refractivity contribution is 0.824. The Morgan fingerprint density at radius 2 is 0.421 bits per heavy atom. The molecule has 0 bridgehead atoms. The molecule has 0 saturated carbocycles. The van der Waals surface area contributed by atoms with E-state index in [9.17, 15) is 0 Å². The molecule has 1 nitrogen and oxygen atoms in total. The molecule has 0 amide bonds. The van der Waals surface area contributed by atoms with Gasteiger partial charge in [0.25, 0.3) is 0 Å². The summed E-state index contributed by atoms with van der Waals surface area (Å²) in [5, 5.41) is 0. The molecule has 0 aliphatic rings. The average molecular weight is 300 g/mol. The van der Waals surface area contributed by atoms with Crippen molar-refractivity contribution in [3.8, 4) is 0 Å². The van der Waals surface area contributed by atoms with Crippen LogP contribution < -0.4 is 0 Å². The second-order valence-electron chi connectivity index (χ2n) is 5.58. The van der Waals surface area contributed by atoms with Crippen LogP contribution >= 0.6 is 0 Å². The first kappa shape index (κ1) is 42.7. The molecule has 3 heteroatoms. The highest BCUT2D eigenvalue weighted by atomic mass is 27.0. The zero-order chi connectivity index (χ0) is 14.3. The molecule has 114 valence electrons. The van der Waals surface area contributed by atoms with Crippen molar-refractivity contribution >= 4 is 34.7 Å². The Morgan fingerprint density at radius 3 is 0.421 bits per heavy atom. The highest BCUT2D eigenvalue weighted by Gasteiger charge is 1.69. The van der Waals surface area contributed by atoms with Crippen LogP contribution in [0.1, 0.15) is 55.4 Å². The van der Waals surface area contributed by atoms with Crippen molar-refractivity contribution in [1.29, 1.82) is 0 Å². The fourth-order valence-electron chi connectivity index (χ4n) is 0. The molecule has 0 aromatic heterocycles. The average Bonchev–Trinajstić information content (AvgIpc) is 1.76. The Labute approximate surface area is 146 Å². The van der Waals surface area contributed by atoms with Gasteiger partial charge in [0, 0.05) is 34.7 Å². The van der Waals surface area contributed by atoms with Crippen LogP contribution in [0.25, 0.3) is 0 Å². The molecule has 0 rings (SSSR count). The van der Waals surface area contributed by atoms with Crippen molar-refractivity contribution in [2.45, 2.75) is 55.4 Å². The van der Waals surface area contributed by atoms with E-state index in [0.717, 1.165) is 0 Å². The number of rotatable bonds is 0. The predicted molar refractivity (Wildman–Crippen MR) is 95.9 cm³/mol. The Morgan fingerprint density at radius 1 is 0.421 bits per heavy atom. The van der Waals surface area contributed by atoms with Gasteiger partial charge in [-0.15, -0.1) is 0 Å². The van der Waals surface area contributed by atoms with Gasteiger partial charge >= 0.3 is 0 Å². The van der Waals surface area contributed by atoms with E-state index in [1.54, 1.807) is 0 Å². The summed E-state index contributed by atoms with van der Waals surface area (Å²) in [6.07, 6.45) is 0. The third-order valence-electron chi connectivity index (χ3n) is 0. The fraction of sp³-hybridized carbons (Fsp3) is 0.750. The van der Waals surface area contributed by atoms with Crippen LogP contribution in [-0.4, -0.2) is 40.2 Å². The van der Waals surface area contributed by atoms with Crippen molar-refractivity contribution < 1.29 is 5.48 Å². The Balaban J connectivity index is -0.0000000192. The third kappa shape index (κ3) is 5250. The van der Waals surface area contributed by atoms with Gasteiger partial charge in [-0.3, -0.25) is 0 Å². The van der Waals surface area contributed by atoms with E-state index < -0.39 is 0 Å². The molecule has 0 aliphatic heterocycles. The lowest BCUT2D eigenvalue weighted by Gasteiger charge is -1.78. The zero-order valence-electron chi connectivity index (χ0n) is 14.8. The summed E-state index contributed by atoms with van der Waals surface area (Å²) in [5.41, 5.74) is 0. The standard InChI is InChI=1S/4C4H9.2Al.H2O/c4*1-4(2)3;;;/h4*4H,1H2,2-3H3;;;1H2. The first-order valence-corrected chi connectivity index (χ1v) is 6.25. The molecule has 2 N–H and O–H groups in total. The summed E-state index contributed by atoms with van der Waals surface area (Å²) in [6.45, 7) is 31.0. The maximum Gasteiger partial charge on any atom is 0 e. The van der Waals surface area contributed by atoms with Crippen LogP contribution in [0.15, 0.2) is 0 Å². The summed E-state index contributed by atoms with van der Waals surface area (Å²) in [6, 6.07) is 0. The molecule has 0 saturated heterocycles. The van der Waals surface area contributed by atoms with Crippen LogP contribution in [0.5, 0.6) is 0 Å². The van der Waals surface area contributed by atoms with E-state index in [-0.39, 0.29) is 40.2 Å². The minimum atomic E-state index is 0. The fourth-order valence-corrected chi connectivity index (χ4v) is 0. The second-order valence-corrected chi connectivity index (χ2v) is 5.58. The quantitative estimate of drug-likeness (QED) is 0.597. The maximum absolute atomic E-state index is 3.64. The topological polar surface area (TPSA) is 31.5 Å². The summed E-state index contributed by atoms with van der Waals surface area (Å²) in [4.78, 5) is 0. The number of hydrogen-bond acceptors (Lipinski definition) is 0. The van der Waals surface area contributed by atoms with Crippen LogP contribution in [0.4, 0.5) is 0 Å². The van der Waals surface area contributed by atoms with Gasteiger partial charge in [-0.05, 0) is 23.7 Å². The van der Waals surface area contributed by atoms with Gasteiger partial charge in [-0.1, -0.05) is 83.1 Å². The Bertz CT molecular complexity index is 57.7. The molecule has 0 heterocycles. The van der Waals surface area contributed by atoms with Gasteiger partial charge < -0.3 is 5.48 Å². The molecular formula is C16H38Al2O. The molecule has 19 heavy (non-hydrogen) atoms. The molecule has 0 atom stereocenters. The van der Waals surface area contributed by atoms with Gasteiger partial charge in [-0.2, -0.15) is 0 Å². The minimum Gasteiger partial charge on any atom is -0.412 e. The molecular weight excluding hydrogens is 262 g/mol. The van der Waals surface area contributed by atoms with Crippen molar-refractivity contribution in [2.75, 3.05) is 0 Å². The molecule has 0 aliphatic carbocycles. The van der Waals surface area contributed by atoms with Crippen molar-refractivity contribution in [2.24, 2.45) is 23.7 Å². The third-order valence-corrected chi connectivity index (χ3v) is 0. The van der Waals surface area contributed by atoms with Crippen molar-refractivity contribution in [3.05, 3.63) is 27.7 Å². The van der Waals surface area contributed by atoms with E-state index in [1.807, 2.05) is 0 Å². The Hall–Kier alpha value is 1.02. The van der Waals surface area contributed by atoms with Crippen LogP contribution in [0.3, 0.4) is 0 Å². The molecule has 10 radical (unpaired) electrons. The van der Waals surface area contributed by atoms with Gasteiger partial charge in [0.1, 0.15) is 0 Å². The lowest BCUT2D eigenvalue weighted by Crippen LogP contribution is -1.67. The molecule has 0 aromatic carbocycles. The first-order valence-electron chi connectivity index (χ1n) is 6.25. The highest BCUT2D eigenvalue weighted by Crippen LogP contribution is 1.81. The maximum atomic E-state index is 3.64. The van der Waals surface area contributed by atoms with Crippen LogP contribution in [0.2, 0.25) is 0 Å². The summed E-state index contributed by atoms with van der Waals surface area (Å²) < 4.78 is 0. The summed E-state index contributed by atoms with van der Waals surface area (Å²) in [5.74, 6) is 2.33. The van der Waals surface area contributed by atoms with Crippen molar-refractivity contribution in [3.63, 3.8) is 0 Å². The summed E-state index contributed by atoms with van der Waals surface area (Å²) >= 11 is 0. The van der Waals surface area contributed by atoms with E-state index in [1.165, 1.54) is 0 Å². The monoisotopic (exact) mass is 300 g/mol. The second kappa shape index (κ2) is 36.4. The zero-order valence-corrected chi connectivity index (χ0v) is 17.1. The van der Waals surface area contributed by atoms with E-state index in [2.05, 4.69) is 83.1 Å². The van der Waals surface area contributed by atoms with Gasteiger partial charge in [0.2, 0.25) is 0 Å². The molecule has 0 aromatic rings. The largest absolute Gasteiger partial charge is 0.412 e. The highest BCUT2D eigenvalue weighted by molar-refractivity contribution is 5.76. The smallest absolute Gasteiger partial charge is 0 e. The summed E-state index contributed by atoms with van der Waals surface area (Å²) in [7, 11) is 0. The normalized spacial score (nSPS) is 7.58. The van der Waals surface area contributed by atoms with Gasteiger partial charge in [-0.25, -0.2) is 0 Å². The minimum absolute atomic E-state index is 0. The van der Waals surface area contributed by atoms with Crippen LogP contribution in [0, 0.1) is 51.4 Å². The van der Waals surface area contributed by atoms with Gasteiger partial charge in [0.05, 0.1) is 0 Å². The van der Waals surface area contributed by atoms with E-state index in [0.29, 0.717) is 23.7 Å². The number of hydrogen-bond donors (Lipinski definition) is 0. The predicted octanol–water partition coefficient (Wildman–Crippen LogP) is 4.32. The lowest BCUT2D eigenvalue weighted by atomic mass is 10.3. The SMILES string of the molecule is O.[Al].[Al].[CH2]C(C)C.[CH2]C(C)C.[CH2]C(C)C.[CH2]C(C)C. The first-order chi connectivity index (χ1) is 6.93.